The molecule has 1 amide bonds. The van der Waals surface area contributed by atoms with E-state index in [2.05, 4.69) is 15.6 Å². The Bertz CT molecular complexity index is 686. The van der Waals surface area contributed by atoms with E-state index in [1.807, 2.05) is 18.2 Å². The van der Waals surface area contributed by atoms with E-state index in [1.54, 1.807) is 14.2 Å². The normalized spacial score (nSPS) is 16.6. The van der Waals surface area contributed by atoms with E-state index in [0.29, 0.717) is 18.0 Å². The van der Waals surface area contributed by atoms with Crippen LogP contribution in [0.2, 0.25) is 0 Å². The van der Waals surface area contributed by atoms with E-state index in [9.17, 15) is 4.79 Å². The Morgan fingerprint density at radius 3 is 2.74 bits per heavy atom. The molecule has 0 atom stereocenters. The van der Waals surface area contributed by atoms with Gasteiger partial charge in [-0.2, -0.15) is 0 Å². The molecule has 6 nitrogen and oxygen atoms in total. The van der Waals surface area contributed by atoms with Gasteiger partial charge in [-0.15, -0.1) is 12.4 Å². The van der Waals surface area contributed by atoms with E-state index in [-0.39, 0.29) is 18.3 Å². The zero-order chi connectivity index (χ0) is 15.6. The fraction of sp³-hybridized carbons (Fsp3) is 0.467. The fourth-order valence-electron chi connectivity index (χ4n) is 2.65. The molecule has 126 valence electrons. The van der Waals surface area contributed by atoms with Gasteiger partial charge >= 0.3 is 0 Å². The summed E-state index contributed by atoms with van der Waals surface area (Å²) < 4.78 is 11.7. The van der Waals surface area contributed by atoms with Crippen molar-refractivity contribution in [1.29, 1.82) is 0 Å². The van der Waals surface area contributed by atoms with Crippen LogP contribution in [0.15, 0.2) is 18.2 Å². The molecule has 2 aromatic rings. The minimum absolute atomic E-state index is 0. The van der Waals surface area contributed by atoms with Crippen LogP contribution in [0.5, 0.6) is 5.75 Å². The molecule has 0 saturated carbocycles. The van der Waals surface area contributed by atoms with Gasteiger partial charge in [0.1, 0.15) is 11.4 Å². The summed E-state index contributed by atoms with van der Waals surface area (Å²) in [6.45, 7) is 1.55. The number of fused-ring (bicyclic) bond motifs is 1. The number of amides is 1. The molecule has 0 radical (unpaired) electrons. The molecule has 1 aliphatic heterocycles. The maximum absolute atomic E-state index is 12.6. The molecule has 1 aliphatic rings. The highest BCUT2D eigenvalue weighted by molar-refractivity contribution is 7.22. The van der Waals surface area contributed by atoms with Crippen molar-refractivity contribution in [3.05, 3.63) is 18.2 Å². The van der Waals surface area contributed by atoms with E-state index in [1.165, 1.54) is 11.3 Å². The number of nitrogens with zero attached hydrogens (tertiary/aromatic N) is 1. The van der Waals surface area contributed by atoms with Crippen molar-refractivity contribution in [3.63, 3.8) is 0 Å². The van der Waals surface area contributed by atoms with Crippen molar-refractivity contribution >= 4 is 45.0 Å². The van der Waals surface area contributed by atoms with Crippen molar-refractivity contribution in [1.82, 2.24) is 10.3 Å². The second-order valence-electron chi connectivity index (χ2n) is 5.26. The minimum Gasteiger partial charge on any atom is -0.497 e. The van der Waals surface area contributed by atoms with E-state index in [4.69, 9.17) is 9.47 Å². The Kier molecular flexibility index (Phi) is 5.80. The molecule has 1 aromatic heterocycles. The highest BCUT2D eigenvalue weighted by Crippen LogP contribution is 2.31. The smallest absolute Gasteiger partial charge is 0.258 e. The quantitative estimate of drug-likeness (QED) is 0.879. The van der Waals surface area contributed by atoms with Gasteiger partial charge in [-0.3, -0.25) is 10.1 Å². The number of rotatable bonds is 4. The third kappa shape index (κ3) is 3.58. The number of hydrogen-bond donors (Lipinski definition) is 2. The van der Waals surface area contributed by atoms with Crippen LogP contribution in [-0.4, -0.2) is 43.8 Å². The second kappa shape index (κ2) is 7.44. The Morgan fingerprint density at radius 1 is 1.35 bits per heavy atom. The Hall–Kier alpha value is -1.41. The molecule has 23 heavy (non-hydrogen) atoms. The molecule has 2 N–H and O–H groups in total. The van der Waals surface area contributed by atoms with Crippen molar-refractivity contribution in [2.24, 2.45) is 0 Å². The molecule has 0 aliphatic carbocycles. The first-order valence-corrected chi connectivity index (χ1v) is 8.00. The molecule has 0 spiro atoms. The van der Waals surface area contributed by atoms with E-state index < -0.39 is 5.60 Å². The Labute approximate surface area is 145 Å². The third-order valence-electron chi connectivity index (χ3n) is 4.03. The number of anilines is 1. The molecule has 3 rings (SSSR count). The topological polar surface area (TPSA) is 72.5 Å². The lowest BCUT2D eigenvalue weighted by Crippen LogP contribution is -2.51. The number of hydrogen-bond acceptors (Lipinski definition) is 6. The number of carbonyl (C=O) groups excluding carboxylic acids is 1. The number of benzene rings is 1. The largest absolute Gasteiger partial charge is 0.497 e. The molecular weight excluding hydrogens is 338 g/mol. The van der Waals surface area contributed by atoms with Gasteiger partial charge in [-0.25, -0.2) is 4.98 Å². The first-order valence-electron chi connectivity index (χ1n) is 7.19. The van der Waals surface area contributed by atoms with Crippen LogP contribution in [0.3, 0.4) is 0 Å². The summed E-state index contributed by atoms with van der Waals surface area (Å²) in [5, 5.41) is 6.73. The van der Waals surface area contributed by atoms with Gasteiger partial charge < -0.3 is 14.8 Å². The molecule has 8 heteroatoms. The summed E-state index contributed by atoms with van der Waals surface area (Å²) in [5.41, 5.74) is 0.0822. The molecule has 0 unspecified atom stereocenters. The van der Waals surface area contributed by atoms with Crippen LogP contribution in [0.1, 0.15) is 12.8 Å². The Morgan fingerprint density at radius 2 is 2.09 bits per heavy atom. The average Bonchev–Trinajstić information content (AvgIpc) is 2.96. The van der Waals surface area contributed by atoms with E-state index in [0.717, 1.165) is 29.1 Å². The summed E-state index contributed by atoms with van der Waals surface area (Å²) in [6.07, 6.45) is 1.32. The van der Waals surface area contributed by atoms with Gasteiger partial charge in [-0.1, -0.05) is 11.3 Å². The number of piperidine rings is 1. The maximum atomic E-state index is 12.6. The predicted octanol–water partition coefficient (Wildman–Crippen LogP) is 2.43. The Balaban J connectivity index is 0.00000192. The lowest BCUT2D eigenvalue weighted by molar-refractivity contribution is -0.140. The SMILES string of the molecule is COc1ccc2nc(NC(=O)C3(OC)CCNCC3)sc2c1.Cl. The number of nitrogens with one attached hydrogen (secondary N) is 2. The average molecular weight is 358 g/mol. The monoisotopic (exact) mass is 357 g/mol. The van der Waals surface area contributed by atoms with Crippen LogP contribution >= 0.6 is 23.7 Å². The van der Waals surface area contributed by atoms with Crippen LogP contribution in [0.25, 0.3) is 10.2 Å². The van der Waals surface area contributed by atoms with Crippen LogP contribution in [0.4, 0.5) is 5.13 Å². The van der Waals surface area contributed by atoms with Gasteiger partial charge in [0.05, 0.1) is 17.3 Å². The van der Waals surface area contributed by atoms with Crippen molar-refractivity contribution < 1.29 is 14.3 Å². The molecule has 1 aromatic carbocycles. The first-order chi connectivity index (χ1) is 10.7. The number of ether oxygens (including phenoxy) is 2. The maximum Gasteiger partial charge on any atom is 0.258 e. The number of thiazole rings is 1. The van der Waals surface area contributed by atoms with Crippen molar-refractivity contribution in [2.45, 2.75) is 18.4 Å². The number of aromatic nitrogens is 1. The molecular formula is C15H20ClN3O3S. The van der Waals surface area contributed by atoms with E-state index >= 15 is 0 Å². The standard InChI is InChI=1S/C15H19N3O3S.ClH/c1-20-10-3-4-11-12(9-10)22-14(17-11)18-13(19)15(21-2)5-7-16-8-6-15;/h3-4,9,16H,5-8H2,1-2H3,(H,17,18,19);1H. The summed E-state index contributed by atoms with van der Waals surface area (Å²) >= 11 is 1.43. The first kappa shape index (κ1) is 17.9. The summed E-state index contributed by atoms with van der Waals surface area (Å²) in [6, 6.07) is 5.66. The summed E-state index contributed by atoms with van der Waals surface area (Å²) in [5.74, 6) is 0.656. The van der Waals surface area contributed by atoms with Gasteiger partial charge in [0, 0.05) is 7.11 Å². The highest BCUT2D eigenvalue weighted by Gasteiger charge is 2.40. The van der Waals surface area contributed by atoms with Crippen molar-refractivity contribution in [3.8, 4) is 5.75 Å². The predicted molar refractivity (Wildman–Crippen MR) is 93.9 cm³/mol. The van der Waals surface area contributed by atoms with Gasteiger partial charge in [0.15, 0.2) is 5.13 Å². The fourth-order valence-corrected chi connectivity index (χ4v) is 3.54. The lowest BCUT2D eigenvalue weighted by atomic mass is 9.91. The zero-order valence-electron chi connectivity index (χ0n) is 13.0. The highest BCUT2D eigenvalue weighted by atomic mass is 35.5. The lowest BCUT2D eigenvalue weighted by Gasteiger charge is -2.34. The van der Waals surface area contributed by atoms with Crippen LogP contribution in [-0.2, 0) is 9.53 Å². The molecule has 1 fully saturated rings. The summed E-state index contributed by atoms with van der Waals surface area (Å²) in [4.78, 5) is 17.0. The number of halogens is 1. The molecule has 0 bridgehead atoms. The number of methoxy groups -OCH3 is 2. The summed E-state index contributed by atoms with van der Waals surface area (Å²) in [7, 11) is 3.22. The minimum atomic E-state index is -0.763. The zero-order valence-corrected chi connectivity index (χ0v) is 14.7. The van der Waals surface area contributed by atoms with Crippen LogP contribution < -0.4 is 15.4 Å². The van der Waals surface area contributed by atoms with Gasteiger partial charge in [-0.05, 0) is 44.1 Å². The van der Waals surface area contributed by atoms with Gasteiger partial charge in [0.25, 0.3) is 5.91 Å². The molecule has 2 heterocycles. The number of carbonyl (C=O) groups is 1. The van der Waals surface area contributed by atoms with Crippen molar-refractivity contribution in [2.75, 3.05) is 32.6 Å². The van der Waals surface area contributed by atoms with Crippen LogP contribution in [0, 0.1) is 0 Å². The van der Waals surface area contributed by atoms with Gasteiger partial charge in [0.2, 0.25) is 0 Å². The second-order valence-corrected chi connectivity index (χ2v) is 6.29. The molecule has 1 saturated heterocycles. The third-order valence-corrected chi connectivity index (χ3v) is 4.97.